The summed E-state index contributed by atoms with van der Waals surface area (Å²) in [5.41, 5.74) is 1.29. The van der Waals surface area contributed by atoms with E-state index < -0.39 is 0 Å². The lowest BCUT2D eigenvalue weighted by atomic mass is 9.86. The van der Waals surface area contributed by atoms with Crippen LogP contribution in [0.2, 0.25) is 5.82 Å². The van der Waals surface area contributed by atoms with Gasteiger partial charge in [-0.1, -0.05) is 31.0 Å². The van der Waals surface area contributed by atoms with E-state index in [9.17, 15) is 0 Å². The van der Waals surface area contributed by atoms with E-state index in [0.717, 1.165) is 17.6 Å². The maximum absolute atomic E-state index is 5.78. The molecule has 3 nitrogen and oxygen atoms in total. The van der Waals surface area contributed by atoms with Gasteiger partial charge < -0.3 is 10.4 Å². The van der Waals surface area contributed by atoms with Crippen LogP contribution in [0.1, 0.15) is 24.4 Å². The molecule has 1 atom stereocenters. The van der Waals surface area contributed by atoms with Crippen molar-refractivity contribution in [2.45, 2.75) is 32.5 Å². The highest BCUT2D eigenvalue weighted by atomic mass is 32.1. The molecular formula is C9H16BN3S. The van der Waals surface area contributed by atoms with Crippen molar-refractivity contribution in [2.24, 2.45) is 18.0 Å². The minimum absolute atomic E-state index is 0.185. The van der Waals surface area contributed by atoms with Crippen molar-refractivity contribution in [1.82, 2.24) is 4.57 Å². The highest BCUT2D eigenvalue weighted by Crippen LogP contribution is 2.18. The summed E-state index contributed by atoms with van der Waals surface area (Å²) in [5.74, 6) is 5.49. The number of thiazole rings is 1. The summed E-state index contributed by atoms with van der Waals surface area (Å²) in [7, 11) is 7.78. The van der Waals surface area contributed by atoms with Crippen molar-refractivity contribution in [3.8, 4) is 0 Å². The van der Waals surface area contributed by atoms with Gasteiger partial charge in [-0.15, -0.1) is 0 Å². The molecule has 1 aromatic rings. The molecule has 2 radical (unpaired) electrons. The quantitative estimate of drug-likeness (QED) is 0.449. The highest BCUT2D eigenvalue weighted by Gasteiger charge is 2.10. The topological polar surface area (TPSA) is 43.3 Å². The van der Waals surface area contributed by atoms with Gasteiger partial charge in [0.25, 0.3) is 0 Å². The van der Waals surface area contributed by atoms with Crippen LogP contribution in [-0.4, -0.2) is 12.4 Å². The molecule has 0 saturated carbocycles. The Balaban J connectivity index is 3.16. The molecule has 0 amide bonds. The molecular weight excluding hydrogens is 193 g/mol. The van der Waals surface area contributed by atoms with Crippen LogP contribution in [-0.2, 0) is 19.9 Å². The van der Waals surface area contributed by atoms with Crippen molar-refractivity contribution < 1.29 is 0 Å². The first-order chi connectivity index (χ1) is 6.60. The second kappa shape index (κ2) is 4.69. The average Bonchev–Trinajstić information content (AvgIpc) is 2.41. The summed E-state index contributed by atoms with van der Waals surface area (Å²) in [6.45, 7) is 4.14. The first-order valence-electron chi connectivity index (χ1n) is 4.77. The predicted octanol–water partition coefficient (Wildman–Crippen LogP) is 0.943. The van der Waals surface area contributed by atoms with Gasteiger partial charge in [0.2, 0.25) is 4.80 Å². The summed E-state index contributed by atoms with van der Waals surface area (Å²) in [6, 6.07) is 0. The van der Waals surface area contributed by atoms with E-state index in [2.05, 4.69) is 12.0 Å². The van der Waals surface area contributed by atoms with Gasteiger partial charge in [0.15, 0.2) is 0 Å². The number of nitrogens with zero attached hydrogens (tertiary/aromatic N) is 2. The van der Waals surface area contributed by atoms with Crippen LogP contribution in [0.25, 0.3) is 0 Å². The van der Waals surface area contributed by atoms with Gasteiger partial charge in [-0.2, -0.15) is 5.10 Å². The predicted molar refractivity (Wildman–Crippen MR) is 61.3 cm³/mol. The molecule has 1 rings (SSSR count). The van der Waals surface area contributed by atoms with Gasteiger partial charge >= 0.3 is 0 Å². The Morgan fingerprint density at radius 3 is 2.71 bits per heavy atom. The Kier molecular flexibility index (Phi) is 3.81. The Morgan fingerprint density at radius 1 is 1.64 bits per heavy atom. The normalized spacial score (nSPS) is 14.6. The lowest BCUT2D eigenvalue weighted by molar-refractivity contribution is 0.770. The van der Waals surface area contributed by atoms with Gasteiger partial charge in [0.05, 0.1) is 7.85 Å². The van der Waals surface area contributed by atoms with E-state index in [4.69, 9.17) is 13.7 Å². The molecule has 1 aromatic heterocycles. The summed E-state index contributed by atoms with van der Waals surface area (Å²) in [6.07, 6.45) is 1.89. The molecule has 0 saturated heterocycles. The smallest absolute Gasteiger partial charge is 0.207 e. The van der Waals surface area contributed by atoms with Crippen LogP contribution in [0.5, 0.6) is 0 Å². The van der Waals surface area contributed by atoms with Crippen LogP contribution >= 0.6 is 11.3 Å². The average molecular weight is 209 g/mol. The van der Waals surface area contributed by atoms with E-state index >= 15 is 0 Å². The minimum Gasteiger partial charge on any atom is -0.322 e. The van der Waals surface area contributed by atoms with Gasteiger partial charge in [-0.25, -0.2) is 0 Å². The summed E-state index contributed by atoms with van der Waals surface area (Å²) in [4.78, 5) is 2.16. The lowest BCUT2D eigenvalue weighted by Gasteiger charge is -2.05. The molecule has 14 heavy (non-hydrogen) atoms. The summed E-state index contributed by atoms with van der Waals surface area (Å²) in [5, 5.41) is 3.75. The molecule has 0 aliphatic heterocycles. The van der Waals surface area contributed by atoms with E-state index in [1.165, 1.54) is 10.6 Å². The fraction of sp³-hybridized carbons (Fsp3) is 0.667. The molecule has 0 fully saturated rings. The van der Waals surface area contributed by atoms with Crippen LogP contribution in [0.4, 0.5) is 0 Å². The number of rotatable bonds is 3. The van der Waals surface area contributed by atoms with Crippen molar-refractivity contribution in [3.63, 3.8) is 0 Å². The lowest BCUT2D eigenvalue weighted by Crippen LogP contribution is -2.14. The SMILES string of the molecule is [B]C(C)Cc1s/c(=N\N)n(C)c1CC. The summed E-state index contributed by atoms with van der Waals surface area (Å²) < 4.78 is 2.04. The van der Waals surface area contributed by atoms with Crippen molar-refractivity contribution in [2.75, 3.05) is 0 Å². The van der Waals surface area contributed by atoms with Crippen LogP contribution < -0.4 is 10.6 Å². The largest absolute Gasteiger partial charge is 0.322 e. The van der Waals surface area contributed by atoms with E-state index in [1.54, 1.807) is 11.3 Å². The highest BCUT2D eigenvalue weighted by molar-refractivity contribution is 7.09. The maximum Gasteiger partial charge on any atom is 0.207 e. The Morgan fingerprint density at radius 2 is 2.29 bits per heavy atom. The zero-order chi connectivity index (χ0) is 10.7. The van der Waals surface area contributed by atoms with Gasteiger partial charge in [0, 0.05) is 17.6 Å². The molecule has 5 heteroatoms. The summed E-state index contributed by atoms with van der Waals surface area (Å²) >= 11 is 1.63. The van der Waals surface area contributed by atoms with Crippen molar-refractivity contribution in [1.29, 1.82) is 0 Å². The molecule has 0 aliphatic carbocycles. The molecule has 2 N–H and O–H groups in total. The van der Waals surface area contributed by atoms with Gasteiger partial charge in [0.1, 0.15) is 0 Å². The minimum atomic E-state index is 0.185. The zero-order valence-corrected chi connectivity index (χ0v) is 9.77. The Bertz CT molecular complexity index is 365. The number of nitrogens with two attached hydrogens (primary N) is 1. The molecule has 0 aromatic carbocycles. The molecule has 0 bridgehead atoms. The Hall–Kier alpha value is -0.705. The molecule has 1 unspecified atom stereocenters. The zero-order valence-electron chi connectivity index (χ0n) is 8.95. The molecule has 0 spiro atoms. The third kappa shape index (κ3) is 2.21. The number of hydrogen-bond donors (Lipinski definition) is 1. The Labute approximate surface area is 90.0 Å². The molecule has 76 valence electrons. The van der Waals surface area contributed by atoms with Crippen molar-refractivity contribution in [3.05, 3.63) is 15.4 Å². The monoisotopic (exact) mass is 209 g/mol. The van der Waals surface area contributed by atoms with Crippen LogP contribution in [0.3, 0.4) is 0 Å². The second-order valence-corrected chi connectivity index (χ2v) is 4.54. The first-order valence-corrected chi connectivity index (χ1v) is 5.58. The first kappa shape index (κ1) is 11.4. The maximum atomic E-state index is 5.78. The third-order valence-corrected chi connectivity index (χ3v) is 3.39. The van der Waals surface area contributed by atoms with E-state index in [0.29, 0.717) is 0 Å². The third-order valence-electron chi connectivity index (χ3n) is 2.18. The number of hydrogen-bond acceptors (Lipinski definition) is 3. The fourth-order valence-electron chi connectivity index (χ4n) is 1.54. The van der Waals surface area contributed by atoms with E-state index in [1.807, 2.05) is 18.5 Å². The van der Waals surface area contributed by atoms with Crippen molar-refractivity contribution >= 4 is 19.2 Å². The number of aromatic nitrogens is 1. The molecule has 1 heterocycles. The van der Waals surface area contributed by atoms with Crippen LogP contribution in [0.15, 0.2) is 5.10 Å². The van der Waals surface area contributed by atoms with Gasteiger partial charge in [-0.3, -0.25) is 0 Å². The fourth-order valence-corrected chi connectivity index (χ4v) is 2.80. The molecule has 0 aliphatic rings. The van der Waals surface area contributed by atoms with E-state index in [-0.39, 0.29) is 5.82 Å². The standard InChI is InChI=1S/C9H16BN3S/c1-4-7-8(5-6(2)10)14-9(12-11)13(7)3/h6H,4-5,11H2,1-3H3/b12-9-. The van der Waals surface area contributed by atoms with Gasteiger partial charge in [-0.05, 0) is 12.8 Å². The second-order valence-electron chi connectivity index (χ2n) is 3.48. The van der Waals surface area contributed by atoms with Crippen LogP contribution in [0, 0.1) is 0 Å².